The first-order valence-electron chi connectivity index (χ1n) is 10.3. The van der Waals surface area contributed by atoms with Crippen LogP contribution in [0, 0.1) is 12.8 Å². The number of hydrogen-bond donors (Lipinski definition) is 0. The van der Waals surface area contributed by atoms with Crippen molar-refractivity contribution in [3.05, 3.63) is 52.2 Å². The molecule has 2 unspecified atom stereocenters. The number of hydrogen-bond acceptors (Lipinski definition) is 4. The third kappa shape index (κ3) is 3.96. The molecule has 2 aromatic rings. The quantitative estimate of drug-likeness (QED) is 0.771. The van der Waals surface area contributed by atoms with Crippen molar-refractivity contribution in [2.75, 3.05) is 32.1 Å². The molecule has 2 atom stereocenters. The van der Waals surface area contributed by atoms with Gasteiger partial charge in [0, 0.05) is 36.1 Å². The molecule has 0 aliphatic carbocycles. The molecule has 2 aliphatic rings. The first-order chi connectivity index (χ1) is 14.0. The highest BCUT2D eigenvalue weighted by atomic mass is 32.1. The molecule has 0 radical (unpaired) electrons. The van der Waals surface area contributed by atoms with Crippen LogP contribution < -0.4 is 4.90 Å². The standard InChI is InChI=1S/C23H29N3O2S/c1-16-6-8-18(9-7-16)26-21(27)15-19(22(26)20-5-4-14-29-20)23(28)25-12-10-17(11-13-25)24(2)3/h4-9,14,17,19,22H,10-13,15H2,1-3H3. The van der Waals surface area contributed by atoms with Gasteiger partial charge < -0.3 is 14.7 Å². The lowest BCUT2D eigenvalue weighted by Crippen LogP contribution is -2.47. The lowest BCUT2D eigenvalue weighted by atomic mass is 9.95. The molecule has 0 spiro atoms. The van der Waals surface area contributed by atoms with Crippen LogP contribution in [0.2, 0.25) is 0 Å². The molecular formula is C23H29N3O2S. The number of nitrogens with zero attached hydrogens (tertiary/aromatic N) is 3. The van der Waals surface area contributed by atoms with Gasteiger partial charge in [0.2, 0.25) is 11.8 Å². The average molecular weight is 412 g/mol. The van der Waals surface area contributed by atoms with E-state index in [-0.39, 0.29) is 30.2 Å². The predicted molar refractivity (Wildman–Crippen MR) is 117 cm³/mol. The van der Waals surface area contributed by atoms with Gasteiger partial charge >= 0.3 is 0 Å². The van der Waals surface area contributed by atoms with Crippen molar-refractivity contribution in [2.24, 2.45) is 5.92 Å². The van der Waals surface area contributed by atoms with Crippen molar-refractivity contribution in [1.82, 2.24) is 9.80 Å². The van der Waals surface area contributed by atoms with E-state index in [1.807, 2.05) is 58.5 Å². The fourth-order valence-electron chi connectivity index (χ4n) is 4.59. The molecule has 29 heavy (non-hydrogen) atoms. The summed E-state index contributed by atoms with van der Waals surface area (Å²) in [5.41, 5.74) is 2.03. The Morgan fingerprint density at radius 2 is 1.79 bits per heavy atom. The van der Waals surface area contributed by atoms with Crippen LogP contribution in [-0.2, 0) is 9.59 Å². The average Bonchev–Trinajstić information content (AvgIpc) is 3.36. The molecule has 2 saturated heterocycles. The zero-order valence-electron chi connectivity index (χ0n) is 17.4. The minimum absolute atomic E-state index is 0.0359. The monoisotopic (exact) mass is 411 g/mol. The summed E-state index contributed by atoms with van der Waals surface area (Å²) in [7, 11) is 4.20. The Balaban J connectivity index is 1.60. The van der Waals surface area contributed by atoms with Gasteiger partial charge in [0.15, 0.2) is 0 Å². The lowest BCUT2D eigenvalue weighted by Gasteiger charge is -2.37. The Hall–Kier alpha value is -2.18. The highest BCUT2D eigenvalue weighted by Crippen LogP contribution is 2.44. The number of benzene rings is 1. The van der Waals surface area contributed by atoms with E-state index in [2.05, 4.69) is 19.0 Å². The van der Waals surface area contributed by atoms with E-state index in [1.54, 1.807) is 11.3 Å². The van der Waals surface area contributed by atoms with E-state index in [4.69, 9.17) is 0 Å². The van der Waals surface area contributed by atoms with Gasteiger partial charge in [-0.15, -0.1) is 11.3 Å². The molecule has 4 rings (SSSR count). The summed E-state index contributed by atoms with van der Waals surface area (Å²) in [6.07, 6.45) is 2.26. The van der Waals surface area contributed by atoms with Crippen LogP contribution in [0.25, 0.3) is 0 Å². The summed E-state index contributed by atoms with van der Waals surface area (Å²) in [4.78, 5) is 33.7. The van der Waals surface area contributed by atoms with Crippen molar-refractivity contribution in [3.63, 3.8) is 0 Å². The van der Waals surface area contributed by atoms with E-state index in [0.717, 1.165) is 42.1 Å². The maximum absolute atomic E-state index is 13.5. The molecule has 0 saturated carbocycles. The zero-order chi connectivity index (χ0) is 20.5. The number of anilines is 1. The molecule has 2 aliphatic heterocycles. The topological polar surface area (TPSA) is 43.9 Å². The minimum Gasteiger partial charge on any atom is -0.342 e. The van der Waals surface area contributed by atoms with Gasteiger partial charge in [0.1, 0.15) is 0 Å². The molecule has 1 aromatic carbocycles. The van der Waals surface area contributed by atoms with E-state index < -0.39 is 0 Å². The Bertz CT molecular complexity index is 855. The number of carbonyl (C=O) groups is 2. The van der Waals surface area contributed by atoms with Gasteiger partial charge in [-0.05, 0) is 57.4 Å². The summed E-state index contributed by atoms with van der Waals surface area (Å²) in [6, 6.07) is 12.4. The number of rotatable bonds is 4. The van der Waals surface area contributed by atoms with Gasteiger partial charge in [-0.25, -0.2) is 0 Å². The molecule has 0 N–H and O–H groups in total. The smallest absolute Gasteiger partial charge is 0.228 e. The number of thiophene rings is 1. The molecule has 5 nitrogen and oxygen atoms in total. The molecular weight excluding hydrogens is 382 g/mol. The van der Waals surface area contributed by atoms with Crippen molar-refractivity contribution in [3.8, 4) is 0 Å². The van der Waals surface area contributed by atoms with Crippen molar-refractivity contribution in [2.45, 2.75) is 38.3 Å². The van der Waals surface area contributed by atoms with Crippen LogP contribution in [0.4, 0.5) is 5.69 Å². The van der Waals surface area contributed by atoms with Gasteiger partial charge in [-0.1, -0.05) is 23.8 Å². The molecule has 2 amide bonds. The fourth-order valence-corrected chi connectivity index (χ4v) is 5.47. The number of aryl methyl sites for hydroxylation is 1. The maximum atomic E-state index is 13.5. The second-order valence-corrected chi connectivity index (χ2v) is 9.37. The van der Waals surface area contributed by atoms with Gasteiger partial charge in [0.05, 0.1) is 12.0 Å². The van der Waals surface area contributed by atoms with E-state index >= 15 is 0 Å². The molecule has 0 bridgehead atoms. The van der Waals surface area contributed by atoms with E-state index in [1.165, 1.54) is 0 Å². The van der Waals surface area contributed by atoms with E-state index in [9.17, 15) is 9.59 Å². The zero-order valence-corrected chi connectivity index (χ0v) is 18.2. The Labute approximate surface area is 176 Å². The van der Waals surface area contributed by atoms with Crippen LogP contribution >= 0.6 is 11.3 Å². The summed E-state index contributed by atoms with van der Waals surface area (Å²) in [5, 5.41) is 2.02. The Morgan fingerprint density at radius 3 is 2.38 bits per heavy atom. The number of likely N-dealkylation sites (tertiary alicyclic amines) is 1. The Morgan fingerprint density at radius 1 is 1.10 bits per heavy atom. The van der Waals surface area contributed by atoms with Crippen molar-refractivity contribution < 1.29 is 9.59 Å². The lowest BCUT2D eigenvalue weighted by molar-refractivity contribution is -0.138. The summed E-state index contributed by atoms with van der Waals surface area (Å²) in [6.45, 7) is 3.58. The van der Waals surface area contributed by atoms with E-state index in [0.29, 0.717) is 6.04 Å². The number of amides is 2. The van der Waals surface area contributed by atoms with Gasteiger partial charge in [-0.2, -0.15) is 0 Å². The minimum atomic E-state index is -0.321. The number of piperidine rings is 1. The first kappa shape index (κ1) is 20.1. The SMILES string of the molecule is Cc1ccc(N2C(=O)CC(C(=O)N3CCC(N(C)C)CC3)C2c2cccs2)cc1. The third-order valence-corrected chi connectivity index (χ3v) is 7.24. The third-order valence-electron chi connectivity index (χ3n) is 6.29. The maximum Gasteiger partial charge on any atom is 0.228 e. The summed E-state index contributed by atoms with van der Waals surface area (Å²) in [5.74, 6) is -0.157. The first-order valence-corrected chi connectivity index (χ1v) is 11.2. The summed E-state index contributed by atoms with van der Waals surface area (Å²) >= 11 is 1.62. The van der Waals surface area contributed by atoms with Crippen LogP contribution in [0.3, 0.4) is 0 Å². The van der Waals surface area contributed by atoms with Gasteiger partial charge in [-0.3, -0.25) is 9.59 Å². The number of carbonyl (C=O) groups excluding carboxylic acids is 2. The second-order valence-electron chi connectivity index (χ2n) is 8.39. The predicted octanol–water partition coefficient (Wildman–Crippen LogP) is 3.70. The van der Waals surface area contributed by atoms with Crippen LogP contribution in [0.5, 0.6) is 0 Å². The van der Waals surface area contributed by atoms with Crippen molar-refractivity contribution in [1.29, 1.82) is 0 Å². The summed E-state index contributed by atoms with van der Waals surface area (Å²) < 4.78 is 0. The molecule has 3 heterocycles. The molecule has 2 fully saturated rings. The second kappa shape index (κ2) is 8.28. The molecule has 6 heteroatoms. The van der Waals surface area contributed by atoms with Crippen LogP contribution in [0.15, 0.2) is 41.8 Å². The van der Waals surface area contributed by atoms with Crippen LogP contribution in [-0.4, -0.2) is 54.8 Å². The largest absolute Gasteiger partial charge is 0.342 e. The Kier molecular flexibility index (Phi) is 5.74. The highest BCUT2D eigenvalue weighted by Gasteiger charge is 2.47. The molecule has 1 aromatic heterocycles. The van der Waals surface area contributed by atoms with Gasteiger partial charge in [0.25, 0.3) is 0 Å². The van der Waals surface area contributed by atoms with Crippen molar-refractivity contribution >= 4 is 28.8 Å². The molecule has 154 valence electrons. The highest BCUT2D eigenvalue weighted by molar-refractivity contribution is 7.10. The fraction of sp³-hybridized carbons (Fsp3) is 0.478. The normalized spacial score (nSPS) is 23.2. The van der Waals surface area contributed by atoms with Crippen LogP contribution in [0.1, 0.15) is 35.7 Å².